The van der Waals surface area contributed by atoms with Crippen molar-refractivity contribution < 1.29 is 14.2 Å². The number of nitrogens with one attached hydrogen (secondary N) is 1. The van der Waals surface area contributed by atoms with Crippen LogP contribution in [-0.2, 0) is 0 Å². The Morgan fingerprint density at radius 3 is 2.82 bits per heavy atom. The maximum absolute atomic E-state index is 13.0. The number of halogens is 2. The Labute approximate surface area is 108 Å². The first-order valence-electron chi connectivity index (χ1n) is 5.60. The van der Waals surface area contributed by atoms with Crippen molar-refractivity contribution in [1.29, 1.82) is 0 Å². The first-order valence-corrected chi connectivity index (χ1v) is 6.39. The van der Waals surface area contributed by atoms with Gasteiger partial charge in [-0.05, 0) is 54.0 Å². The van der Waals surface area contributed by atoms with E-state index in [-0.39, 0.29) is 12.4 Å². The minimum Gasteiger partial charge on any atom is -0.489 e. The molecule has 3 nitrogen and oxygen atoms in total. The van der Waals surface area contributed by atoms with Gasteiger partial charge >= 0.3 is 0 Å². The van der Waals surface area contributed by atoms with Crippen molar-refractivity contribution in [3.8, 4) is 5.75 Å². The smallest absolute Gasteiger partial charge is 0.136 e. The molecule has 0 atom stereocenters. The van der Waals surface area contributed by atoms with Crippen molar-refractivity contribution >= 4 is 15.9 Å². The van der Waals surface area contributed by atoms with Crippen molar-refractivity contribution in [3.63, 3.8) is 0 Å². The van der Waals surface area contributed by atoms with E-state index in [1.54, 1.807) is 6.07 Å². The second-order valence-corrected chi connectivity index (χ2v) is 5.19. The van der Waals surface area contributed by atoms with E-state index in [9.17, 15) is 9.50 Å². The Kier molecular flexibility index (Phi) is 4.01. The summed E-state index contributed by atoms with van der Waals surface area (Å²) in [7, 11) is 0. The van der Waals surface area contributed by atoms with Crippen LogP contribution in [0.5, 0.6) is 5.75 Å². The average molecular weight is 304 g/mol. The first-order chi connectivity index (χ1) is 8.09. The summed E-state index contributed by atoms with van der Waals surface area (Å²) in [5, 5.41) is 13.4. The van der Waals surface area contributed by atoms with Crippen LogP contribution in [0.1, 0.15) is 12.8 Å². The number of piperidine rings is 1. The fraction of sp³-hybridized carbons (Fsp3) is 0.500. The van der Waals surface area contributed by atoms with Gasteiger partial charge in [0.05, 0.1) is 4.47 Å². The van der Waals surface area contributed by atoms with Crippen LogP contribution in [-0.4, -0.2) is 30.4 Å². The molecule has 5 heteroatoms. The maximum atomic E-state index is 13.0. The zero-order chi connectivity index (χ0) is 12.3. The lowest BCUT2D eigenvalue weighted by molar-refractivity contribution is -0.0288. The van der Waals surface area contributed by atoms with Gasteiger partial charge in [0.15, 0.2) is 0 Å². The minimum absolute atomic E-state index is 0.191. The highest BCUT2D eigenvalue weighted by atomic mass is 79.9. The predicted octanol–water partition coefficient (Wildman–Crippen LogP) is 2.08. The summed E-state index contributed by atoms with van der Waals surface area (Å²) < 4.78 is 19.2. The van der Waals surface area contributed by atoms with E-state index in [0.717, 1.165) is 13.1 Å². The van der Waals surface area contributed by atoms with E-state index in [0.29, 0.717) is 23.1 Å². The van der Waals surface area contributed by atoms with Crippen molar-refractivity contribution in [3.05, 3.63) is 28.5 Å². The molecule has 94 valence electrons. The molecule has 0 aliphatic carbocycles. The molecule has 0 saturated carbocycles. The third kappa shape index (κ3) is 3.40. The Hall–Kier alpha value is -0.650. The number of hydrogen-bond acceptors (Lipinski definition) is 3. The summed E-state index contributed by atoms with van der Waals surface area (Å²) in [5.41, 5.74) is -0.809. The summed E-state index contributed by atoms with van der Waals surface area (Å²) in [6.45, 7) is 1.76. The molecule has 0 bridgehead atoms. The molecule has 0 aromatic heterocycles. The largest absolute Gasteiger partial charge is 0.489 e. The van der Waals surface area contributed by atoms with Gasteiger partial charge in [0.2, 0.25) is 0 Å². The fourth-order valence-electron chi connectivity index (χ4n) is 1.84. The maximum Gasteiger partial charge on any atom is 0.136 e. The Balaban J connectivity index is 1.99. The Bertz CT molecular complexity index is 394. The number of aliphatic hydroxyl groups is 1. The topological polar surface area (TPSA) is 41.5 Å². The monoisotopic (exact) mass is 303 g/mol. The molecule has 0 amide bonds. The lowest BCUT2D eigenvalue weighted by atomic mass is 9.93. The molecule has 1 aliphatic heterocycles. The van der Waals surface area contributed by atoms with Crippen LogP contribution in [0.4, 0.5) is 4.39 Å². The first kappa shape index (κ1) is 12.8. The molecule has 2 N–H and O–H groups in total. The summed E-state index contributed by atoms with van der Waals surface area (Å²) in [4.78, 5) is 0. The number of rotatable bonds is 3. The van der Waals surface area contributed by atoms with Crippen molar-refractivity contribution in [2.75, 3.05) is 19.7 Å². The van der Waals surface area contributed by atoms with E-state index < -0.39 is 5.60 Å². The quantitative estimate of drug-likeness (QED) is 0.898. The average Bonchev–Trinajstić information content (AvgIpc) is 2.31. The second kappa shape index (κ2) is 5.33. The molecular formula is C12H15BrFNO2. The number of hydrogen-bond donors (Lipinski definition) is 2. The SMILES string of the molecule is OC1(COc2cc(F)ccc2Br)CCNCC1. The summed E-state index contributed by atoms with van der Waals surface area (Å²) in [6, 6.07) is 4.27. The van der Waals surface area contributed by atoms with Gasteiger partial charge in [-0.1, -0.05) is 0 Å². The van der Waals surface area contributed by atoms with Crippen LogP contribution in [0.15, 0.2) is 22.7 Å². The van der Waals surface area contributed by atoms with E-state index in [2.05, 4.69) is 21.2 Å². The highest BCUT2D eigenvalue weighted by molar-refractivity contribution is 9.10. The van der Waals surface area contributed by atoms with Crippen molar-refractivity contribution in [1.82, 2.24) is 5.32 Å². The normalized spacial score (nSPS) is 19.0. The summed E-state index contributed by atoms with van der Waals surface area (Å²) >= 11 is 3.29. The molecule has 0 radical (unpaired) electrons. The molecule has 2 rings (SSSR count). The molecule has 1 fully saturated rings. The number of ether oxygens (including phenoxy) is 1. The van der Waals surface area contributed by atoms with Crippen LogP contribution < -0.4 is 10.1 Å². The van der Waals surface area contributed by atoms with E-state index in [4.69, 9.17) is 4.74 Å². The molecule has 1 heterocycles. The molecule has 0 spiro atoms. The molecule has 1 aliphatic rings. The summed E-state index contributed by atoms with van der Waals surface area (Å²) in [6.07, 6.45) is 1.31. The molecule has 1 aromatic carbocycles. The third-order valence-corrected chi connectivity index (χ3v) is 3.58. The number of benzene rings is 1. The van der Waals surface area contributed by atoms with Gasteiger partial charge in [0.25, 0.3) is 0 Å². The standard InChI is InChI=1S/C12H15BrFNO2/c13-10-2-1-9(14)7-11(10)17-8-12(16)3-5-15-6-4-12/h1-2,7,15-16H,3-6,8H2. The van der Waals surface area contributed by atoms with E-state index in [1.807, 2.05) is 0 Å². The third-order valence-electron chi connectivity index (χ3n) is 2.92. The molecule has 1 aromatic rings. The van der Waals surface area contributed by atoms with E-state index >= 15 is 0 Å². The molecular weight excluding hydrogens is 289 g/mol. The molecule has 17 heavy (non-hydrogen) atoms. The summed E-state index contributed by atoms with van der Waals surface area (Å²) in [5.74, 6) is 0.0810. The van der Waals surface area contributed by atoms with Gasteiger partial charge in [-0.2, -0.15) is 0 Å². The van der Waals surface area contributed by atoms with Crippen LogP contribution in [0, 0.1) is 5.82 Å². The Morgan fingerprint density at radius 1 is 1.41 bits per heavy atom. The minimum atomic E-state index is -0.809. The van der Waals surface area contributed by atoms with Crippen LogP contribution in [0.25, 0.3) is 0 Å². The van der Waals surface area contributed by atoms with Crippen LogP contribution >= 0.6 is 15.9 Å². The van der Waals surface area contributed by atoms with Gasteiger partial charge in [-0.15, -0.1) is 0 Å². The van der Waals surface area contributed by atoms with Gasteiger partial charge in [0.1, 0.15) is 23.8 Å². The van der Waals surface area contributed by atoms with E-state index in [1.165, 1.54) is 12.1 Å². The van der Waals surface area contributed by atoms with Crippen LogP contribution in [0.3, 0.4) is 0 Å². The van der Waals surface area contributed by atoms with Gasteiger partial charge < -0.3 is 15.2 Å². The highest BCUT2D eigenvalue weighted by Gasteiger charge is 2.30. The predicted molar refractivity (Wildman–Crippen MR) is 66.6 cm³/mol. The fourth-order valence-corrected chi connectivity index (χ4v) is 2.20. The highest BCUT2D eigenvalue weighted by Crippen LogP contribution is 2.27. The zero-order valence-corrected chi connectivity index (χ0v) is 11.0. The zero-order valence-electron chi connectivity index (χ0n) is 9.38. The Morgan fingerprint density at radius 2 is 2.12 bits per heavy atom. The second-order valence-electron chi connectivity index (χ2n) is 4.34. The van der Waals surface area contributed by atoms with Gasteiger partial charge in [-0.3, -0.25) is 0 Å². The lowest BCUT2D eigenvalue weighted by Crippen LogP contribution is -2.46. The molecule has 0 unspecified atom stereocenters. The van der Waals surface area contributed by atoms with Crippen molar-refractivity contribution in [2.24, 2.45) is 0 Å². The van der Waals surface area contributed by atoms with Crippen molar-refractivity contribution in [2.45, 2.75) is 18.4 Å². The van der Waals surface area contributed by atoms with Crippen LogP contribution in [0.2, 0.25) is 0 Å². The van der Waals surface area contributed by atoms with Gasteiger partial charge in [0, 0.05) is 6.07 Å². The molecule has 1 saturated heterocycles. The van der Waals surface area contributed by atoms with Gasteiger partial charge in [-0.25, -0.2) is 4.39 Å². The lowest BCUT2D eigenvalue weighted by Gasteiger charge is -2.32.